The van der Waals surface area contributed by atoms with Crippen LogP contribution in [-0.4, -0.2) is 65.7 Å². The number of likely N-dealkylation sites (N-methyl/N-ethyl adjacent to an activating group) is 1. The Morgan fingerprint density at radius 3 is 1.91 bits per heavy atom. The van der Waals surface area contributed by atoms with Gasteiger partial charge in [0.2, 0.25) is 0 Å². The Bertz CT molecular complexity index is 2760. The minimum absolute atomic E-state index is 0.0637. The molecule has 1 aliphatic rings. The van der Waals surface area contributed by atoms with Crippen LogP contribution in [0.3, 0.4) is 0 Å². The van der Waals surface area contributed by atoms with E-state index in [4.69, 9.17) is 18.9 Å². The highest BCUT2D eigenvalue weighted by atomic mass is 16.6. The Morgan fingerprint density at radius 1 is 0.707 bits per heavy atom. The van der Waals surface area contributed by atoms with Crippen molar-refractivity contribution in [1.29, 1.82) is 0 Å². The first-order chi connectivity index (χ1) is 28.3. The largest absolute Gasteiger partial charge is 0.497 e. The molecule has 10 heteroatoms. The predicted molar refractivity (Wildman–Crippen MR) is 225 cm³/mol. The smallest absolute Gasteiger partial charge is 0.330 e. The lowest BCUT2D eigenvalue weighted by molar-refractivity contribution is -0.0951. The summed E-state index contributed by atoms with van der Waals surface area (Å²) in [6.45, 7) is 0.374. The lowest BCUT2D eigenvalue weighted by Crippen LogP contribution is -2.47. The molecule has 0 aliphatic carbocycles. The number of rotatable bonds is 12. The predicted octanol–water partition coefficient (Wildman–Crippen LogP) is 7.22. The number of nitrogens with one attached hydrogen (secondary N) is 1. The van der Waals surface area contributed by atoms with E-state index in [1.54, 1.807) is 14.2 Å². The fourth-order valence-electron chi connectivity index (χ4n) is 8.79. The summed E-state index contributed by atoms with van der Waals surface area (Å²) in [5.41, 5.74) is 1.25. The Morgan fingerprint density at radius 2 is 1.29 bits per heavy atom. The van der Waals surface area contributed by atoms with Gasteiger partial charge in [0.05, 0.1) is 26.9 Å². The third-order valence-electron chi connectivity index (χ3n) is 11.6. The molecule has 0 bridgehead atoms. The number of aromatic nitrogens is 2. The van der Waals surface area contributed by atoms with Crippen molar-refractivity contribution >= 4 is 32.3 Å². The van der Waals surface area contributed by atoms with E-state index in [9.17, 15) is 14.7 Å². The van der Waals surface area contributed by atoms with Crippen molar-refractivity contribution in [2.75, 3.05) is 27.9 Å². The van der Waals surface area contributed by atoms with Gasteiger partial charge in [-0.1, -0.05) is 109 Å². The zero-order valence-electron chi connectivity index (χ0n) is 32.4. The first kappa shape index (κ1) is 37.3. The summed E-state index contributed by atoms with van der Waals surface area (Å²) in [6, 6.07) is 45.2. The van der Waals surface area contributed by atoms with Crippen LogP contribution < -0.4 is 20.7 Å². The highest BCUT2D eigenvalue weighted by Crippen LogP contribution is 2.44. The molecule has 4 atom stereocenters. The van der Waals surface area contributed by atoms with Gasteiger partial charge in [0.1, 0.15) is 29.3 Å². The number of H-pyrrole nitrogens is 1. The molecule has 1 fully saturated rings. The topological polar surface area (TPSA) is 115 Å². The average molecular weight is 774 g/mol. The van der Waals surface area contributed by atoms with Crippen LogP contribution >= 0.6 is 0 Å². The van der Waals surface area contributed by atoms with E-state index in [-0.39, 0.29) is 6.61 Å². The summed E-state index contributed by atoms with van der Waals surface area (Å²) >= 11 is 0. The second-order valence-corrected chi connectivity index (χ2v) is 14.9. The van der Waals surface area contributed by atoms with Crippen molar-refractivity contribution < 1.29 is 24.1 Å². The van der Waals surface area contributed by atoms with Crippen LogP contribution in [0, 0.1) is 0 Å². The molecular weight excluding hydrogens is 731 g/mol. The van der Waals surface area contributed by atoms with Crippen LogP contribution in [0.4, 0.5) is 0 Å². The summed E-state index contributed by atoms with van der Waals surface area (Å²) < 4.78 is 26.2. The minimum atomic E-state index is -1.17. The van der Waals surface area contributed by atoms with Crippen molar-refractivity contribution in [3.63, 3.8) is 0 Å². The first-order valence-corrected chi connectivity index (χ1v) is 19.3. The van der Waals surface area contributed by atoms with Gasteiger partial charge in [-0.15, -0.1) is 0 Å². The maximum atomic E-state index is 13.4. The molecule has 1 saturated heterocycles. The van der Waals surface area contributed by atoms with Crippen molar-refractivity contribution in [2.45, 2.75) is 36.6 Å². The summed E-state index contributed by atoms with van der Waals surface area (Å²) in [5.74, 6) is 1.39. The first-order valence-electron chi connectivity index (χ1n) is 19.3. The molecule has 58 heavy (non-hydrogen) atoms. The van der Waals surface area contributed by atoms with Gasteiger partial charge in [0.25, 0.3) is 5.56 Å². The second kappa shape index (κ2) is 15.2. The Labute approximate surface area is 334 Å². The molecule has 8 aromatic rings. The molecule has 9 rings (SSSR count). The van der Waals surface area contributed by atoms with Crippen LogP contribution in [0.25, 0.3) is 32.3 Å². The highest BCUT2D eigenvalue weighted by molar-refractivity contribution is 6.23. The number of methoxy groups -OCH3 is 2. The van der Waals surface area contributed by atoms with Crippen LogP contribution in [-0.2, 0) is 21.6 Å². The van der Waals surface area contributed by atoms with Crippen molar-refractivity contribution in [3.05, 3.63) is 189 Å². The number of nitrogens with zero attached hydrogens (tertiary/aromatic N) is 2. The van der Waals surface area contributed by atoms with Gasteiger partial charge < -0.3 is 24.1 Å². The molecule has 292 valence electrons. The van der Waals surface area contributed by atoms with Gasteiger partial charge in [-0.05, 0) is 85.9 Å². The van der Waals surface area contributed by atoms with E-state index in [1.807, 2.05) is 90.8 Å². The Kier molecular flexibility index (Phi) is 9.79. The van der Waals surface area contributed by atoms with Crippen LogP contribution in [0.1, 0.15) is 28.5 Å². The molecule has 10 nitrogen and oxygen atoms in total. The molecule has 0 saturated carbocycles. The number of ether oxygens (including phenoxy) is 4. The van der Waals surface area contributed by atoms with Crippen LogP contribution in [0.5, 0.6) is 11.5 Å². The zero-order valence-corrected chi connectivity index (χ0v) is 32.4. The van der Waals surface area contributed by atoms with Crippen LogP contribution in [0.15, 0.2) is 155 Å². The summed E-state index contributed by atoms with van der Waals surface area (Å²) in [5, 5.41) is 19.4. The standard InChI is InChI=1S/C48H43N3O7/c1-50(28-33-15-14-32-13-12-30-8-7-9-31-16-25-39(33)43(32)42(30)31)44-45(53)40(58-46(44)51-27-26-41(52)49-47(51)54)29-57-48(34-10-5-4-6-11-34,35-17-21-37(55-2)22-18-35)36-19-23-38(56-3)24-20-36/h4-27,40,44-46,53H,28-29H2,1-3H3,(H,49,52,54). The molecule has 4 unspecified atom stereocenters. The van der Waals surface area contributed by atoms with Gasteiger partial charge in [0, 0.05) is 18.8 Å². The van der Waals surface area contributed by atoms with Gasteiger partial charge >= 0.3 is 5.69 Å². The molecule has 1 aromatic heterocycles. The number of benzene rings is 7. The van der Waals surface area contributed by atoms with Crippen LogP contribution in [0.2, 0.25) is 0 Å². The zero-order chi connectivity index (χ0) is 40.0. The van der Waals surface area contributed by atoms with Crippen molar-refractivity contribution in [3.8, 4) is 11.5 Å². The van der Waals surface area contributed by atoms with Crippen molar-refractivity contribution in [1.82, 2.24) is 14.5 Å². The minimum Gasteiger partial charge on any atom is -0.497 e. The second-order valence-electron chi connectivity index (χ2n) is 14.9. The van der Waals surface area contributed by atoms with Gasteiger partial charge in [-0.25, -0.2) is 4.79 Å². The quantitative estimate of drug-likeness (QED) is 0.0989. The van der Waals surface area contributed by atoms with E-state index >= 15 is 0 Å². The van der Waals surface area contributed by atoms with Gasteiger partial charge in [-0.2, -0.15) is 0 Å². The molecule has 0 radical (unpaired) electrons. The lowest BCUT2D eigenvalue weighted by Gasteiger charge is -2.37. The average Bonchev–Trinajstić information content (AvgIpc) is 3.59. The van der Waals surface area contributed by atoms with Crippen molar-refractivity contribution in [2.24, 2.45) is 0 Å². The van der Waals surface area contributed by atoms with E-state index in [1.165, 1.54) is 38.4 Å². The van der Waals surface area contributed by atoms with Gasteiger partial charge in [-0.3, -0.25) is 19.2 Å². The molecule has 2 N–H and O–H groups in total. The number of hydrogen-bond donors (Lipinski definition) is 2. The van der Waals surface area contributed by atoms with E-state index in [2.05, 4.69) is 59.6 Å². The third kappa shape index (κ3) is 6.40. The summed E-state index contributed by atoms with van der Waals surface area (Å²) in [7, 11) is 5.17. The van der Waals surface area contributed by atoms with E-state index in [0.717, 1.165) is 33.0 Å². The number of hydrogen-bond acceptors (Lipinski definition) is 8. The Hall–Kier alpha value is -6.30. The molecule has 7 aromatic carbocycles. The fraction of sp³-hybridized carbons (Fsp3) is 0.208. The molecule has 2 heterocycles. The summed E-state index contributed by atoms with van der Waals surface area (Å²) in [6.07, 6.45) is -1.56. The fourth-order valence-corrected chi connectivity index (χ4v) is 8.79. The van der Waals surface area contributed by atoms with Gasteiger partial charge in [0.15, 0.2) is 6.23 Å². The number of aliphatic hydroxyl groups is 1. The third-order valence-corrected chi connectivity index (χ3v) is 11.6. The lowest BCUT2D eigenvalue weighted by atomic mass is 9.80. The van der Waals surface area contributed by atoms with E-state index < -0.39 is 41.3 Å². The number of aromatic amines is 1. The molecular formula is C48H43N3O7. The maximum absolute atomic E-state index is 13.4. The molecule has 0 amide bonds. The van der Waals surface area contributed by atoms with E-state index in [0.29, 0.717) is 18.0 Å². The summed E-state index contributed by atoms with van der Waals surface area (Å²) in [4.78, 5) is 30.0. The number of aliphatic hydroxyl groups excluding tert-OH is 1. The highest BCUT2D eigenvalue weighted by Gasteiger charge is 2.49. The SMILES string of the molecule is COc1ccc(C(OCC2OC(n3ccc(=O)[nH]c3=O)C(N(C)Cc3ccc4ccc5cccc6ccc3c4c56)C2O)(c2ccccc2)c2ccc(OC)cc2)cc1. The Balaban J connectivity index is 1.11. The molecule has 1 aliphatic heterocycles. The molecule has 0 spiro atoms. The normalized spacial score (nSPS) is 18.4. The monoisotopic (exact) mass is 773 g/mol. The maximum Gasteiger partial charge on any atom is 0.330 e.